The second-order valence-corrected chi connectivity index (χ2v) is 9.33. The lowest BCUT2D eigenvalue weighted by Crippen LogP contribution is -2.23. The molecule has 0 N–H and O–H groups in total. The molecule has 0 aromatic heterocycles. The van der Waals surface area contributed by atoms with Crippen molar-refractivity contribution in [3.05, 3.63) is 61.2 Å². The Morgan fingerprint density at radius 2 is 1.65 bits per heavy atom. The number of nitrogens with zero attached hydrogens (tertiary/aromatic N) is 3. The fourth-order valence-corrected chi connectivity index (χ4v) is 4.40. The highest BCUT2D eigenvalue weighted by Gasteiger charge is 2.17. The number of hydrogen-bond acceptors (Lipinski definition) is 7. The van der Waals surface area contributed by atoms with Gasteiger partial charge in [0, 0.05) is 18.8 Å². The smallest absolute Gasteiger partial charge is 0.330 e. The first kappa shape index (κ1) is 24.3. The predicted octanol–water partition coefficient (Wildman–Crippen LogP) is 5.09. The lowest BCUT2D eigenvalue weighted by molar-refractivity contribution is -0.137. The molecule has 1 atom stereocenters. The van der Waals surface area contributed by atoms with Crippen molar-refractivity contribution in [2.75, 3.05) is 30.9 Å². The number of sulfone groups is 1. The van der Waals surface area contributed by atoms with Gasteiger partial charge in [-0.1, -0.05) is 26.8 Å². The van der Waals surface area contributed by atoms with Crippen molar-refractivity contribution in [1.29, 1.82) is 0 Å². The maximum atomic E-state index is 12.4. The summed E-state index contributed by atoms with van der Waals surface area (Å²) >= 11 is 0. The van der Waals surface area contributed by atoms with Crippen molar-refractivity contribution in [2.45, 2.75) is 25.2 Å². The summed E-state index contributed by atoms with van der Waals surface area (Å²) in [6.07, 6.45) is 1.96. The second-order valence-electron chi connectivity index (χ2n) is 7.30. The van der Waals surface area contributed by atoms with E-state index in [1.165, 1.54) is 0 Å². The average molecular weight is 444 g/mol. The summed E-state index contributed by atoms with van der Waals surface area (Å²) in [4.78, 5) is 13.3. The number of carbonyl (C=O) groups excluding carboxylic acids is 1. The Kier molecular flexibility index (Phi) is 8.93. The summed E-state index contributed by atoms with van der Waals surface area (Å²) in [7, 11) is -1.39. The maximum Gasteiger partial charge on any atom is 0.330 e. The van der Waals surface area contributed by atoms with Crippen LogP contribution < -0.4 is 4.90 Å². The van der Waals surface area contributed by atoms with Gasteiger partial charge in [0.25, 0.3) is 0 Å². The predicted molar refractivity (Wildman–Crippen MR) is 123 cm³/mol. The Morgan fingerprint density at radius 1 is 1.10 bits per heavy atom. The standard InChI is InChI=1S/C23H29N3O4S/c1-5-18(3)17-31(28,29)22-13-9-20(10-14-22)25-24-19-7-11-21(12-8-19)26(4)15-16-30-23(27)6-2/h6-14,18H,2,5,15-17H2,1,3-4H3/b25-24+. The van der Waals surface area contributed by atoms with Crippen molar-refractivity contribution in [3.63, 3.8) is 0 Å². The van der Waals surface area contributed by atoms with Crippen molar-refractivity contribution in [3.8, 4) is 0 Å². The van der Waals surface area contributed by atoms with Gasteiger partial charge in [0.15, 0.2) is 9.84 Å². The summed E-state index contributed by atoms with van der Waals surface area (Å²) < 4.78 is 29.8. The summed E-state index contributed by atoms with van der Waals surface area (Å²) in [5, 5.41) is 8.38. The fourth-order valence-electron chi connectivity index (χ4n) is 2.67. The maximum absolute atomic E-state index is 12.4. The van der Waals surface area contributed by atoms with Crippen LogP contribution in [-0.2, 0) is 19.4 Å². The molecule has 166 valence electrons. The minimum Gasteiger partial charge on any atom is -0.461 e. The van der Waals surface area contributed by atoms with E-state index in [0.29, 0.717) is 22.8 Å². The van der Waals surface area contributed by atoms with E-state index >= 15 is 0 Å². The minimum absolute atomic E-state index is 0.119. The highest BCUT2D eigenvalue weighted by atomic mass is 32.2. The third-order valence-corrected chi connectivity index (χ3v) is 6.80. The lowest BCUT2D eigenvalue weighted by atomic mass is 10.2. The van der Waals surface area contributed by atoms with Crippen LogP contribution in [0.3, 0.4) is 0 Å². The molecule has 0 aliphatic carbocycles. The van der Waals surface area contributed by atoms with Crippen molar-refractivity contribution in [2.24, 2.45) is 16.1 Å². The van der Waals surface area contributed by atoms with Crippen LogP contribution in [-0.4, -0.2) is 40.3 Å². The first-order chi connectivity index (χ1) is 14.7. The zero-order chi connectivity index (χ0) is 22.9. The molecule has 0 radical (unpaired) electrons. The molecule has 0 amide bonds. The van der Waals surface area contributed by atoms with Gasteiger partial charge >= 0.3 is 5.97 Å². The van der Waals surface area contributed by atoms with E-state index in [4.69, 9.17) is 4.74 Å². The molecule has 31 heavy (non-hydrogen) atoms. The minimum atomic E-state index is -3.29. The van der Waals surface area contributed by atoms with Gasteiger partial charge in [0.1, 0.15) is 6.61 Å². The number of carbonyl (C=O) groups is 1. The SMILES string of the molecule is C=CC(=O)OCCN(C)c1ccc(/N=N/c2ccc(S(=O)(=O)CC(C)CC)cc2)cc1. The van der Waals surface area contributed by atoms with Gasteiger partial charge in [-0.3, -0.25) is 0 Å². The van der Waals surface area contributed by atoms with Gasteiger partial charge in [-0.15, -0.1) is 0 Å². The second kappa shape index (κ2) is 11.4. The van der Waals surface area contributed by atoms with Gasteiger partial charge in [-0.25, -0.2) is 13.2 Å². The quantitative estimate of drug-likeness (QED) is 0.274. The highest BCUT2D eigenvalue weighted by Crippen LogP contribution is 2.23. The molecule has 2 aromatic rings. The van der Waals surface area contributed by atoms with E-state index in [9.17, 15) is 13.2 Å². The zero-order valence-electron chi connectivity index (χ0n) is 18.2. The normalized spacial score (nSPS) is 12.5. The van der Waals surface area contributed by atoms with Crippen molar-refractivity contribution in [1.82, 2.24) is 0 Å². The van der Waals surface area contributed by atoms with Gasteiger partial charge in [-0.2, -0.15) is 10.2 Å². The first-order valence-corrected chi connectivity index (χ1v) is 11.8. The van der Waals surface area contributed by atoms with Gasteiger partial charge in [-0.05, 0) is 54.4 Å². The number of rotatable bonds is 11. The van der Waals surface area contributed by atoms with Crippen LogP contribution in [0.25, 0.3) is 0 Å². The molecular weight excluding hydrogens is 414 g/mol. The Balaban J connectivity index is 1.96. The topological polar surface area (TPSA) is 88.4 Å². The third kappa shape index (κ3) is 7.64. The molecule has 0 aliphatic heterocycles. The fraction of sp³-hybridized carbons (Fsp3) is 0.348. The molecule has 0 bridgehead atoms. The highest BCUT2D eigenvalue weighted by molar-refractivity contribution is 7.91. The largest absolute Gasteiger partial charge is 0.461 e. The van der Waals surface area contributed by atoms with Crippen molar-refractivity contribution < 1.29 is 17.9 Å². The van der Waals surface area contributed by atoms with Crippen LogP contribution in [0.4, 0.5) is 17.1 Å². The molecule has 0 fully saturated rings. The molecule has 0 spiro atoms. The van der Waals surface area contributed by atoms with Crippen LogP contribution in [0, 0.1) is 5.92 Å². The van der Waals surface area contributed by atoms with Gasteiger partial charge in [0.05, 0.1) is 28.6 Å². The van der Waals surface area contributed by atoms with Crippen molar-refractivity contribution >= 4 is 32.9 Å². The Labute approximate surface area is 184 Å². The number of benzene rings is 2. The Bertz CT molecular complexity index is 1000. The monoisotopic (exact) mass is 443 g/mol. The van der Waals surface area contributed by atoms with E-state index < -0.39 is 15.8 Å². The molecule has 1 unspecified atom stereocenters. The summed E-state index contributed by atoms with van der Waals surface area (Å²) in [5.41, 5.74) is 2.20. The molecule has 2 aromatic carbocycles. The van der Waals surface area contributed by atoms with E-state index in [0.717, 1.165) is 18.2 Å². The van der Waals surface area contributed by atoms with E-state index in [2.05, 4.69) is 16.8 Å². The van der Waals surface area contributed by atoms with Gasteiger partial charge < -0.3 is 9.64 Å². The van der Waals surface area contributed by atoms with Crippen LogP contribution in [0.5, 0.6) is 0 Å². The number of hydrogen-bond donors (Lipinski definition) is 0. The van der Waals surface area contributed by atoms with Gasteiger partial charge in [0.2, 0.25) is 0 Å². The number of esters is 1. The lowest BCUT2D eigenvalue weighted by Gasteiger charge is -2.18. The molecule has 8 heteroatoms. The van der Waals surface area contributed by atoms with E-state index in [1.54, 1.807) is 24.3 Å². The summed E-state index contributed by atoms with van der Waals surface area (Å²) in [6, 6.07) is 13.9. The van der Waals surface area contributed by atoms with E-state index in [-0.39, 0.29) is 18.3 Å². The third-order valence-electron chi connectivity index (χ3n) is 4.81. The van der Waals surface area contributed by atoms with Crippen LogP contribution in [0.1, 0.15) is 20.3 Å². The Morgan fingerprint density at radius 3 is 2.16 bits per heavy atom. The number of ether oxygens (including phenoxy) is 1. The first-order valence-electron chi connectivity index (χ1n) is 10.1. The molecular formula is C23H29N3O4S. The molecule has 0 saturated heterocycles. The Hall–Kier alpha value is -3.00. The number of likely N-dealkylation sites (N-methyl/N-ethyl adjacent to an activating group) is 1. The molecule has 7 nitrogen and oxygen atoms in total. The molecule has 0 heterocycles. The van der Waals surface area contributed by atoms with E-state index in [1.807, 2.05) is 50.1 Å². The summed E-state index contributed by atoms with van der Waals surface area (Å²) in [6.45, 7) is 8.09. The summed E-state index contributed by atoms with van der Waals surface area (Å²) in [5.74, 6) is -0.180. The molecule has 2 rings (SSSR count). The average Bonchev–Trinajstić information content (AvgIpc) is 2.77. The van der Waals surface area contributed by atoms with Crippen LogP contribution in [0.2, 0.25) is 0 Å². The molecule has 0 saturated carbocycles. The van der Waals surface area contributed by atoms with Crippen LogP contribution >= 0.6 is 0 Å². The molecule has 0 aliphatic rings. The number of anilines is 1. The zero-order valence-corrected chi connectivity index (χ0v) is 19.0. The van der Waals surface area contributed by atoms with Crippen LogP contribution in [0.15, 0.2) is 76.3 Å². The number of azo groups is 1.